The van der Waals surface area contributed by atoms with E-state index in [1.165, 1.54) is 0 Å². The van der Waals surface area contributed by atoms with Crippen LogP contribution in [0.5, 0.6) is 0 Å². The van der Waals surface area contributed by atoms with Crippen LogP contribution in [-0.2, 0) is 0 Å². The lowest BCUT2D eigenvalue weighted by atomic mass is 10.0. The van der Waals surface area contributed by atoms with Crippen LogP contribution in [0.25, 0.3) is 10.8 Å². The maximum absolute atomic E-state index is 12.9. The van der Waals surface area contributed by atoms with E-state index in [0.717, 1.165) is 30.0 Å². The van der Waals surface area contributed by atoms with Gasteiger partial charge in [-0.2, -0.15) is 0 Å². The molecule has 0 aliphatic carbocycles. The van der Waals surface area contributed by atoms with Gasteiger partial charge in [0.15, 0.2) is 0 Å². The van der Waals surface area contributed by atoms with E-state index in [4.69, 9.17) is 5.73 Å². The van der Waals surface area contributed by atoms with Gasteiger partial charge in [-0.1, -0.05) is 31.2 Å². The third kappa shape index (κ3) is 2.37. The Hall–Kier alpha value is -2.03. The Kier molecular flexibility index (Phi) is 3.58. The van der Waals surface area contributed by atoms with Crippen LogP contribution in [0.2, 0.25) is 0 Å². The van der Waals surface area contributed by atoms with E-state index < -0.39 is 0 Å². The largest absolute Gasteiger partial charge is 0.398 e. The van der Waals surface area contributed by atoms with Gasteiger partial charge < -0.3 is 10.6 Å². The molecule has 0 radical (unpaired) electrons. The minimum Gasteiger partial charge on any atom is -0.398 e. The van der Waals surface area contributed by atoms with E-state index in [1.807, 2.05) is 41.3 Å². The molecule has 0 bridgehead atoms. The molecular formula is C18H22N2O. The zero-order valence-electron chi connectivity index (χ0n) is 12.7. The Balaban J connectivity index is 2.03. The number of anilines is 1. The molecule has 2 atom stereocenters. The van der Waals surface area contributed by atoms with Gasteiger partial charge in [0.05, 0.1) is 5.56 Å². The van der Waals surface area contributed by atoms with Gasteiger partial charge in [0.2, 0.25) is 0 Å². The summed E-state index contributed by atoms with van der Waals surface area (Å²) in [5, 5.41) is 2.14. The van der Waals surface area contributed by atoms with Crippen molar-refractivity contribution in [3.63, 3.8) is 0 Å². The molecule has 1 fully saturated rings. The third-order valence-electron chi connectivity index (χ3n) is 4.64. The molecule has 1 amide bonds. The molecule has 1 saturated heterocycles. The van der Waals surface area contributed by atoms with E-state index in [-0.39, 0.29) is 5.91 Å². The Bertz CT molecular complexity index is 680. The van der Waals surface area contributed by atoms with Crippen molar-refractivity contribution < 1.29 is 4.79 Å². The van der Waals surface area contributed by atoms with E-state index in [9.17, 15) is 4.79 Å². The SMILES string of the molecule is CCC1CCC(C)N1C(=O)c1cc2ccccc2cc1N. The van der Waals surface area contributed by atoms with Gasteiger partial charge in [0, 0.05) is 17.8 Å². The lowest BCUT2D eigenvalue weighted by Gasteiger charge is -2.28. The third-order valence-corrected chi connectivity index (χ3v) is 4.64. The number of carbonyl (C=O) groups excluding carboxylic acids is 1. The molecular weight excluding hydrogens is 260 g/mol. The predicted octanol–water partition coefficient (Wildman–Crippen LogP) is 3.83. The number of nitrogens with two attached hydrogens (primary N) is 1. The Morgan fingerprint density at radius 3 is 2.57 bits per heavy atom. The van der Waals surface area contributed by atoms with Gasteiger partial charge in [-0.3, -0.25) is 4.79 Å². The Labute approximate surface area is 125 Å². The van der Waals surface area contributed by atoms with Crippen LogP contribution >= 0.6 is 0 Å². The number of benzene rings is 2. The summed E-state index contributed by atoms with van der Waals surface area (Å²) < 4.78 is 0. The molecule has 2 aromatic rings. The van der Waals surface area contributed by atoms with Crippen molar-refractivity contribution in [2.75, 3.05) is 5.73 Å². The molecule has 1 aliphatic heterocycles. The van der Waals surface area contributed by atoms with Crippen LogP contribution in [0, 0.1) is 0 Å². The highest BCUT2D eigenvalue weighted by atomic mass is 16.2. The first-order chi connectivity index (χ1) is 10.1. The minimum absolute atomic E-state index is 0.0788. The smallest absolute Gasteiger partial charge is 0.256 e. The van der Waals surface area contributed by atoms with E-state index >= 15 is 0 Å². The maximum Gasteiger partial charge on any atom is 0.256 e. The van der Waals surface area contributed by atoms with Crippen molar-refractivity contribution in [2.24, 2.45) is 0 Å². The summed E-state index contributed by atoms with van der Waals surface area (Å²) in [6.07, 6.45) is 3.18. The van der Waals surface area contributed by atoms with Gasteiger partial charge in [-0.05, 0) is 49.1 Å². The second-order valence-corrected chi connectivity index (χ2v) is 5.99. The van der Waals surface area contributed by atoms with Crippen molar-refractivity contribution >= 4 is 22.4 Å². The number of likely N-dealkylation sites (tertiary alicyclic amines) is 1. The first-order valence-electron chi connectivity index (χ1n) is 7.72. The molecule has 21 heavy (non-hydrogen) atoms. The number of amides is 1. The van der Waals surface area contributed by atoms with Gasteiger partial charge in [0.25, 0.3) is 5.91 Å². The van der Waals surface area contributed by atoms with Crippen molar-refractivity contribution in [3.8, 4) is 0 Å². The zero-order chi connectivity index (χ0) is 15.0. The second kappa shape index (κ2) is 5.40. The normalized spacial score (nSPS) is 21.9. The average Bonchev–Trinajstić information content (AvgIpc) is 2.86. The van der Waals surface area contributed by atoms with Crippen LogP contribution in [0.15, 0.2) is 36.4 Å². The molecule has 3 nitrogen and oxygen atoms in total. The Morgan fingerprint density at radius 2 is 1.90 bits per heavy atom. The molecule has 0 aromatic heterocycles. The highest BCUT2D eigenvalue weighted by Crippen LogP contribution is 2.30. The second-order valence-electron chi connectivity index (χ2n) is 5.99. The molecule has 3 rings (SSSR count). The van der Waals surface area contributed by atoms with Crippen LogP contribution in [0.4, 0.5) is 5.69 Å². The molecule has 110 valence electrons. The molecule has 2 unspecified atom stereocenters. The van der Waals surface area contributed by atoms with Gasteiger partial charge in [0.1, 0.15) is 0 Å². The van der Waals surface area contributed by atoms with E-state index in [0.29, 0.717) is 23.3 Å². The van der Waals surface area contributed by atoms with Crippen LogP contribution in [0.3, 0.4) is 0 Å². The van der Waals surface area contributed by atoms with E-state index in [2.05, 4.69) is 13.8 Å². The zero-order valence-corrected chi connectivity index (χ0v) is 12.7. The van der Waals surface area contributed by atoms with Crippen LogP contribution in [0.1, 0.15) is 43.5 Å². The number of fused-ring (bicyclic) bond motifs is 1. The quantitative estimate of drug-likeness (QED) is 0.851. The van der Waals surface area contributed by atoms with Crippen molar-refractivity contribution in [1.29, 1.82) is 0 Å². The van der Waals surface area contributed by atoms with Crippen molar-refractivity contribution in [2.45, 2.75) is 45.2 Å². The summed E-state index contributed by atoms with van der Waals surface area (Å²) >= 11 is 0. The predicted molar refractivity (Wildman–Crippen MR) is 87.3 cm³/mol. The molecule has 1 aliphatic rings. The fourth-order valence-corrected chi connectivity index (χ4v) is 3.42. The Morgan fingerprint density at radius 1 is 1.24 bits per heavy atom. The topological polar surface area (TPSA) is 46.3 Å². The van der Waals surface area contributed by atoms with Crippen molar-refractivity contribution in [1.82, 2.24) is 4.90 Å². The average molecular weight is 282 g/mol. The summed E-state index contributed by atoms with van der Waals surface area (Å²) in [7, 11) is 0. The number of carbonyl (C=O) groups is 1. The van der Waals surface area contributed by atoms with Gasteiger partial charge in [-0.25, -0.2) is 0 Å². The maximum atomic E-state index is 12.9. The highest BCUT2D eigenvalue weighted by molar-refractivity contribution is 6.04. The fourth-order valence-electron chi connectivity index (χ4n) is 3.42. The van der Waals surface area contributed by atoms with Gasteiger partial charge >= 0.3 is 0 Å². The first-order valence-corrected chi connectivity index (χ1v) is 7.72. The summed E-state index contributed by atoms with van der Waals surface area (Å²) in [6, 6.07) is 12.5. The lowest BCUT2D eigenvalue weighted by Crippen LogP contribution is -2.40. The van der Waals surface area contributed by atoms with Crippen molar-refractivity contribution in [3.05, 3.63) is 42.0 Å². The lowest BCUT2D eigenvalue weighted by molar-refractivity contribution is 0.0677. The summed E-state index contributed by atoms with van der Waals surface area (Å²) in [4.78, 5) is 15.0. The van der Waals surface area contributed by atoms with Crippen LogP contribution in [-0.4, -0.2) is 22.9 Å². The molecule has 1 heterocycles. The number of nitrogen functional groups attached to an aromatic ring is 1. The number of hydrogen-bond donors (Lipinski definition) is 1. The first kappa shape index (κ1) is 13.9. The minimum atomic E-state index is 0.0788. The summed E-state index contributed by atoms with van der Waals surface area (Å²) in [5.41, 5.74) is 7.36. The van der Waals surface area contributed by atoms with E-state index in [1.54, 1.807) is 0 Å². The highest BCUT2D eigenvalue weighted by Gasteiger charge is 2.34. The molecule has 2 N–H and O–H groups in total. The fraction of sp³-hybridized carbons (Fsp3) is 0.389. The van der Waals surface area contributed by atoms with Crippen LogP contribution < -0.4 is 5.73 Å². The molecule has 3 heteroatoms. The molecule has 0 spiro atoms. The summed E-state index contributed by atoms with van der Waals surface area (Å²) in [6.45, 7) is 4.28. The number of nitrogens with zero attached hydrogens (tertiary/aromatic N) is 1. The molecule has 2 aromatic carbocycles. The molecule has 0 saturated carbocycles. The monoisotopic (exact) mass is 282 g/mol. The summed E-state index contributed by atoms with van der Waals surface area (Å²) in [5.74, 6) is 0.0788. The standard InChI is InChI=1S/C18H22N2O/c1-3-15-9-8-12(2)20(15)18(21)16-10-13-6-4-5-7-14(13)11-17(16)19/h4-7,10-12,15H,3,8-9,19H2,1-2H3. The van der Waals surface area contributed by atoms with Gasteiger partial charge in [-0.15, -0.1) is 0 Å². The number of hydrogen-bond acceptors (Lipinski definition) is 2. The number of rotatable bonds is 2.